The molecule has 0 aliphatic carbocycles. The topological polar surface area (TPSA) is 72.2 Å². The fraction of sp³-hybridized carbons (Fsp3) is 0.182. The molecule has 5 nitrogen and oxygen atoms in total. The van der Waals surface area contributed by atoms with Crippen molar-refractivity contribution >= 4 is 11.6 Å². The molecule has 0 radical (unpaired) electrons. The number of benzene rings is 1. The monoisotopic (exact) mass is 254 g/mol. The first-order chi connectivity index (χ1) is 8.47. The molecule has 0 saturated carbocycles. The van der Waals surface area contributed by atoms with E-state index in [1.807, 2.05) is 0 Å². The first-order valence-corrected chi connectivity index (χ1v) is 4.78. The van der Waals surface area contributed by atoms with Gasteiger partial charge in [-0.3, -0.25) is 14.9 Å². The van der Waals surface area contributed by atoms with Gasteiger partial charge in [0.05, 0.1) is 17.5 Å². The molecule has 7 heteroatoms. The SMILES string of the molecule is CC#CCNC(=O)c1cc(F)c(F)cc1[N+](=O)[O-]. The van der Waals surface area contributed by atoms with Gasteiger partial charge in [-0.1, -0.05) is 5.92 Å². The molecule has 1 amide bonds. The van der Waals surface area contributed by atoms with Crippen LogP contribution in [0.4, 0.5) is 14.5 Å². The third-order valence-corrected chi connectivity index (χ3v) is 1.99. The highest BCUT2D eigenvalue weighted by molar-refractivity contribution is 5.98. The van der Waals surface area contributed by atoms with E-state index in [0.717, 1.165) is 0 Å². The number of nitro benzene ring substituents is 1. The molecule has 18 heavy (non-hydrogen) atoms. The molecular formula is C11H8F2N2O3. The summed E-state index contributed by atoms with van der Waals surface area (Å²) in [4.78, 5) is 21.2. The molecule has 0 fully saturated rings. The van der Waals surface area contributed by atoms with Crippen LogP contribution in [0.3, 0.4) is 0 Å². The fourth-order valence-corrected chi connectivity index (χ4v) is 1.18. The molecule has 0 unspecified atom stereocenters. The van der Waals surface area contributed by atoms with E-state index in [4.69, 9.17) is 0 Å². The summed E-state index contributed by atoms with van der Waals surface area (Å²) in [6, 6.07) is 0.859. The number of carbonyl (C=O) groups is 1. The molecule has 0 aliphatic heterocycles. The predicted molar refractivity (Wildman–Crippen MR) is 58.8 cm³/mol. The molecule has 0 spiro atoms. The van der Waals surface area contributed by atoms with Crippen LogP contribution >= 0.6 is 0 Å². The van der Waals surface area contributed by atoms with Crippen molar-refractivity contribution < 1.29 is 18.5 Å². The van der Waals surface area contributed by atoms with Gasteiger partial charge in [0, 0.05) is 0 Å². The number of halogens is 2. The first-order valence-electron chi connectivity index (χ1n) is 4.78. The fourth-order valence-electron chi connectivity index (χ4n) is 1.18. The van der Waals surface area contributed by atoms with E-state index in [9.17, 15) is 23.7 Å². The number of nitrogens with one attached hydrogen (secondary N) is 1. The summed E-state index contributed by atoms with van der Waals surface area (Å²) < 4.78 is 25.8. The Labute approximate surface area is 101 Å². The Bertz CT molecular complexity index is 561. The summed E-state index contributed by atoms with van der Waals surface area (Å²) in [6.07, 6.45) is 0. The van der Waals surface area contributed by atoms with Gasteiger partial charge in [-0.25, -0.2) is 8.78 Å². The summed E-state index contributed by atoms with van der Waals surface area (Å²) in [5, 5.41) is 12.9. The minimum absolute atomic E-state index is 0.0362. The molecule has 94 valence electrons. The van der Waals surface area contributed by atoms with E-state index in [-0.39, 0.29) is 6.54 Å². The van der Waals surface area contributed by atoms with Crippen LogP contribution in [0.15, 0.2) is 12.1 Å². The van der Waals surface area contributed by atoms with Gasteiger partial charge in [-0.15, -0.1) is 5.92 Å². The van der Waals surface area contributed by atoms with Gasteiger partial charge in [0.25, 0.3) is 11.6 Å². The minimum Gasteiger partial charge on any atom is -0.341 e. The maximum absolute atomic E-state index is 13.0. The summed E-state index contributed by atoms with van der Waals surface area (Å²) >= 11 is 0. The van der Waals surface area contributed by atoms with Crippen LogP contribution in [0.1, 0.15) is 17.3 Å². The van der Waals surface area contributed by atoms with E-state index in [2.05, 4.69) is 17.2 Å². The summed E-state index contributed by atoms with van der Waals surface area (Å²) in [6.45, 7) is 1.51. The van der Waals surface area contributed by atoms with Crippen LogP contribution in [0.5, 0.6) is 0 Å². The highest BCUT2D eigenvalue weighted by atomic mass is 19.2. The first kappa shape index (κ1) is 13.6. The van der Waals surface area contributed by atoms with Crippen LogP contribution < -0.4 is 5.32 Å². The number of amides is 1. The van der Waals surface area contributed by atoms with Crippen molar-refractivity contribution in [2.75, 3.05) is 6.54 Å². The lowest BCUT2D eigenvalue weighted by molar-refractivity contribution is -0.385. The Morgan fingerprint density at radius 1 is 1.44 bits per heavy atom. The highest BCUT2D eigenvalue weighted by Gasteiger charge is 2.23. The van der Waals surface area contributed by atoms with Crippen LogP contribution in [0.25, 0.3) is 0 Å². The van der Waals surface area contributed by atoms with Crippen molar-refractivity contribution in [3.8, 4) is 11.8 Å². The predicted octanol–water partition coefficient (Wildman–Crippen LogP) is 1.63. The minimum atomic E-state index is -1.38. The number of rotatable bonds is 3. The summed E-state index contributed by atoms with van der Waals surface area (Å²) in [5.41, 5.74) is -1.34. The van der Waals surface area contributed by atoms with Gasteiger partial charge >= 0.3 is 0 Å². The molecule has 0 atom stereocenters. The van der Waals surface area contributed by atoms with E-state index in [1.165, 1.54) is 0 Å². The maximum Gasteiger partial charge on any atom is 0.285 e. The van der Waals surface area contributed by atoms with E-state index in [1.54, 1.807) is 6.92 Å². The Hall–Kier alpha value is -2.49. The number of hydrogen-bond acceptors (Lipinski definition) is 3. The maximum atomic E-state index is 13.0. The molecule has 0 heterocycles. The van der Waals surface area contributed by atoms with Crippen LogP contribution in [0.2, 0.25) is 0 Å². The van der Waals surface area contributed by atoms with Gasteiger partial charge in [0.15, 0.2) is 11.6 Å². The van der Waals surface area contributed by atoms with Crippen molar-refractivity contribution in [3.63, 3.8) is 0 Å². The van der Waals surface area contributed by atoms with Gasteiger partial charge in [-0.05, 0) is 13.0 Å². The lowest BCUT2D eigenvalue weighted by Crippen LogP contribution is -2.24. The largest absolute Gasteiger partial charge is 0.341 e. The lowest BCUT2D eigenvalue weighted by atomic mass is 10.1. The molecule has 1 rings (SSSR count). The van der Waals surface area contributed by atoms with Crippen molar-refractivity contribution in [2.24, 2.45) is 0 Å². The Morgan fingerprint density at radius 3 is 2.61 bits per heavy atom. The van der Waals surface area contributed by atoms with E-state index >= 15 is 0 Å². The van der Waals surface area contributed by atoms with Crippen LogP contribution in [0, 0.1) is 33.6 Å². The van der Waals surface area contributed by atoms with Gasteiger partial charge in [0.2, 0.25) is 0 Å². The average molecular weight is 254 g/mol. The average Bonchev–Trinajstić information content (AvgIpc) is 2.32. The Balaban J connectivity index is 3.12. The van der Waals surface area contributed by atoms with Gasteiger partial charge in [0.1, 0.15) is 5.56 Å². The molecule has 0 bridgehead atoms. The van der Waals surface area contributed by atoms with Crippen molar-refractivity contribution in [2.45, 2.75) is 6.92 Å². The van der Waals surface area contributed by atoms with E-state index < -0.39 is 33.7 Å². The number of nitro groups is 1. The normalized spacial score (nSPS) is 9.28. The molecule has 1 N–H and O–H groups in total. The van der Waals surface area contributed by atoms with Crippen molar-refractivity contribution in [1.82, 2.24) is 5.32 Å². The molecule has 1 aromatic rings. The summed E-state index contributed by atoms with van der Waals surface area (Å²) in [7, 11) is 0. The zero-order chi connectivity index (χ0) is 13.7. The van der Waals surface area contributed by atoms with Gasteiger partial charge < -0.3 is 5.32 Å². The highest BCUT2D eigenvalue weighted by Crippen LogP contribution is 2.22. The van der Waals surface area contributed by atoms with E-state index in [0.29, 0.717) is 12.1 Å². The lowest BCUT2D eigenvalue weighted by Gasteiger charge is -2.03. The van der Waals surface area contributed by atoms with Crippen LogP contribution in [-0.2, 0) is 0 Å². The number of nitrogens with zero attached hydrogens (tertiary/aromatic N) is 1. The smallest absolute Gasteiger partial charge is 0.285 e. The zero-order valence-electron chi connectivity index (χ0n) is 9.29. The molecular weight excluding hydrogens is 246 g/mol. The summed E-state index contributed by atoms with van der Waals surface area (Å²) in [5.74, 6) is 1.41. The third-order valence-electron chi connectivity index (χ3n) is 1.99. The third kappa shape index (κ3) is 3.01. The Morgan fingerprint density at radius 2 is 2.06 bits per heavy atom. The molecule has 1 aromatic carbocycles. The zero-order valence-corrected chi connectivity index (χ0v) is 9.29. The second-order valence-corrected chi connectivity index (χ2v) is 3.15. The Kier molecular flexibility index (Phi) is 4.32. The van der Waals surface area contributed by atoms with Crippen LogP contribution in [-0.4, -0.2) is 17.4 Å². The number of carbonyl (C=O) groups excluding carboxylic acids is 1. The quantitative estimate of drug-likeness (QED) is 0.506. The second-order valence-electron chi connectivity index (χ2n) is 3.15. The standard InChI is InChI=1S/C11H8F2N2O3/c1-2-3-4-14-11(16)7-5-8(12)9(13)6-10(7)15(17)18/h5-6H,4H2,1H3,(H,14,16). The number of hydrogen-bond donors (Lipinski definition) is 1. The van der Waals surface area contributed by atoms with Crippen molar-refractivity contribution in [1.29, 1.82) is 0 Å². The van der Waals surface area contributed by atoms with Crippen molar-refractivity contribution in [3.05, 3.63) is 39.4 Å². The molecule has 0 aliphatic rings. The molecule has 0 aromatic heterocycles. The molecule has 0 saturated heterocycles. The van der Waals surface area contributed by atoms with Gasteiger partial charge in [-0.2, -0.15) is 0 Å². The second kappa shape index (κ2) is 5.72.